The summed E-state index contributed by atoms with van der Waals surface area (Å²) < 4.78 is 0. The first-order chi connectivity index (χ1) is 11.5. The Morgan fingerprint density at radius 2 is 1.83 bits per heavy atom. The molecule has 0 spiro atoms. The summed E-state index contributed by atoms with van der Waals surface area (Å²) >= 11 is 12.0. The van der Waals surface area contributed by atoms with E-state index in [1.165, 1.54) is 0 Å². The molecule has 2 amide bonds. The minimum absolute atomic E-state index is 0.124. The van der Waals surface area contributed by atoms with Crippen molar-refractivity contribution in [2.45, 2.75) is 25.8 Å². The molecule has 1 aliphatic carbocycles. The van der Waals surface area contributed by atoms with Gasteiger partial charge >= 0.3 is 0 Å². The minimum atomic E-state index is -0.293. The maximum Gasteiger partial charge on any atom is 0.241 e. The second-order valence-corrected chi connectivity index (χ2v) is 7.27. The van der Waals surface area contributed by atoms with Crippen molar-refractivity contribution in [1.82, 2.24) is 9.80 Å². The molecule has 5 nitrogen and oxygen atoms in total. The molecule has 1 saturated carbocycles. The Labute approximate surface area is 151 Å². The van der Waals surface area contributed by atoms with E-state index in [9.17, 15) is 9.59 Å². The molecule has 2 aliphatic rings. The van der Waals surface area contributed by atoms with Gasteiger partial charge in [-0.25, -0.2) is 0 Å². The standard InChI is InChI=1S/C17H21Cl2N3O2/c1-11(16(23)20-15-10-13(18)4-5-14(15)19)21-6-8-22(9-7-21)17(24)12-2-3-12/h4-5,10-12H,2-3,6-9H2,1H3,(H,20,23)/t11-/m0/s1. The van der Waals surface area contributed by atoms with Gasteiger partial charge in [0.05, 0.1) is 16.8 Å². The van der Waals surface area contributed by atoms with Crippen LogP contribution in [-0.2, 0) is 9.59 Å². The molecule has 24 heavy (non-hydrogen) atoms. The molecule has 1 N–H and O–H groups in total. The van der Waals surface area contributed by atoms with Crippen molar-refractivity contribution in [1.29, 1.82) is 0 Å². The number of hydrogen-bond acceptors (Lipinski definition) is 3. The fourth-order valence-corrected chi connectivity index (χ4v) is 3.25. The maximum atomic E-state index is 12.5. The van der Waals surface area contributed by atoms with E-state index in [2.05, 4.69) is 10.2 Å². The summed E-state index contributed by atoms with van der Waals surface area (Å²) in [6.45, 7) is 4.65. The second kappa shape index (κ2) is 7.30. The smallest absolute Gasteiger partial charge is 0.241 e. The molecule has 2 fully saturated rings. The molecule has 0 bridgehead atoms. The normalized spacial score (nSPS) is 19.9. The monoisotopic (exact) mass is 369 g/mol. The molecule has 0 radical (unpaired) electrons. The average Bonchev–Trinajstić information content (AvgIpc) is 3.42. The van der Waals surface area contributed by atoms with Crippen LogP contribution in [0.25, 0.3) is 0 Å². The number of nitrogens with zero attached hydrogens (tertiary/aromatic N) is 2. The summed E-state index contributed by atoms with van der Waals surface area (Å²) in [5.41, 5.74) is 0.517. The number of hydrogen-bond donors (Lipinski definition) is 1. The van der Waals surface area contributed by atoms with E-state index >= 15 is 0 Å². The Balaban J connectivity index is 1.54. The Kier molecular flexibility index (Phi) is 5.33. The van der Waals surface area contributed by atoms with Crippen molar-refractivity contribution >= 4 is 40.7 Å². The molecular weight excluding hydrogens is 349 g/mol. The molecule has 1 saturated heterocycles. The molecule has 1 aromatic carbocycles. The van der Waals surface area contributed by atoms with E-state index < -0.39 is 0 Å². The van der Waals surface area contributed by atoms with Crippen LogP contribution in [-0.4, -0.2) is 53.8 Å². The second-order valence-electron chi connectivity index (χ2n) is 6.42. The summed E-state index contributed by atoms with van der Waals surface area (Å²) in [6, 6.07) is 4.69. The number of piperazine rings is 1. The zero-order valence-electron chi connectivity index (χ0n) is 13.6. The lowest BCUT2D eigenvalue weighted by atomic mass is 10.2. The fraction of sp³-hybridized carbons (Fsp3) is 0.529. The van der Waals surface area contributed by atoms with Crippen molar-refractivity contribution in [2.24, 2.45) is 5.92 Å². The topological polar surface area (TPSA) is 52.7 Å². The number of anilines is 1. The molecule has 130 valence electrons. The number of benzene rings is 1. The predicted molar refractivity (Wildman–Crippen MR) is 95.4 cm³/mol. The van der Waals surface area contributed by atoms with E-state index in [1.54, 1.807) is 18.2 Å². The van der Waals surface area contributed by atoms with Gasteiger partial charge in [-0.2, -0.15) is 0 Å². The van der Waals surface area contributed by atoms with Crippen LogP contribution >= 0.6 is 23.2 Å². The summed E-state index contributed by atoms with van der Waals surface area (Å²) in [5.74, 6) is 0.404. The van der Waals surface area contributed by atoms with Gasteiger partial charge < -0.3 is 10.2 Å². The van der Waals surface area contributed by atoms with Crippen LogP contribution < -0.4 is 5.32 Å². The molecule has 1 aliphatic heterocycles. The van der Waals surface area contributed by atoms with Gasteiger partial charge in [-0.3, -0.25) is 14.5 Å². The van der Waals surface area contributed by atoms with Crippen molar-refractivity contribution in [3.8, 4) is 0 Å². The van der Waals surface area contributed by atoms with Gasteiger partial charge in [-0.05, 0) is 38.0 Å². The summed E-state index contributed by atoms with van der Waals surface area (Å²) in [6.07, 6.45) is 2.05. The molecule has 1 heterocycles. The highest BCUT2D eigenvalue weighted by Crippen LogP contribution is 2.31. The summed E-state index contributed by atoms with van der Waals surface area (Å²) in [7, 11) is 0. The third-order valence-corrected chi connectivity index (χ3v) is 5.23. The first kappa shape index (κ1) is 17.5. The molecule has 3 rings (SSSR count). The van der Waals surface area contributed by atoms with E-state index in [1.807, 2.05) is 11.8 Å². The zero-order chi connectivity index (χ0) is 17.3. The molecule has 1 aromatic rings. The molecule has 7 heteroatoms. The Morgan fingerprint density at radius 3 is 2.46 bits per heavy atom. The molecule has 0 unspecified atom stereocenters. The van der Waals surface area contributed by atoms with Crippen LogP contribution in [0.15, 0.2) is 18.2 Å². The van der Waals surface area contributed by atoms with Crippen molar-refractivity contribution in [2.75, 3.05) is 31.5 Å². The molecular formula is C17H21Cl2N3O2. The number of halogens is 2. The highest BCUT2D eigenvalue weighted by Gasteiger charge is 2.35. The lowest BCUT2D eigenvalue weighted by molar-refractivity contribution is -0.135. The Morgan fingerprint density at radius 1 is 1.17 bits per heavy atom. The third kappa shape index (κ3) is 4.02. The van der Waals surface area contributed by atoms with Crippen LogP contribution in [0.1, 0.15) is 19.8 Å². The minimum Gasteiger partial charge on any atom is -0.340 e. The van der Waals surface area contributed by atoms with Gasteiger partial charge in [-0.15, -0.1) is 0 Å². The van der Waals surface area contributed by atoms with Crippen molar-refractivity contribution in [3.63, 3.8) is 0 Å². The number of carbonyl (C=O) groups is 2. The largest absolute Gasteiger partial charge is 0.340 e. The van der Waals surface area contributed by atoms with Crippen LogP contribution in [0, 0.1) is 5.92 Å². The van der Waals surface area contributed by atoms with Gasteiger partial charge in [0.2, 0.25) is 11.8 Å². The van der Waals surface area contributed by atoms with Crippen LogP contribution in [0.3, 0.4) is 0 Å². The highest BCUT2D eigenvalue weighted by molar-refractivity contribution is 6.35. The number of rotatable bonds is 4. The maximum absolute atomic E-state index is 12.5. The Hall–Kier alpha value is -1.30. The number of amides is 2. The SMILES string of the molecule is C[C@@H](C(=O)Nc1cc(Cl)ccc1Cl)N1CCN(C(=O)C2CC2)CC1. The Bertz CT molecular complexity index is 641. The zero-order valence-corrected chi connectivity index (χ0v) is 15.1. The van der Waals surface area contributed by atoms with E-state index in [0.29, 0.717) is 41.9 Å². The van der Waals surface area contributed by atoms with Crippen molar-refractivity contribution in [3.05, 3.63) is 28.2 Å². The quantitative estimate of drug-likeness (QED) is 0.887. The van der Waals surface area contributed by atoms with Gasteiger partial charge in [0.25, 0.3) is 0 Å². The summed E-state index contributed by atoms with van der Waals surface area (Å²) in [5, 5.41) is 3.81. The lowest BCUT2D eigenvalue weighted by Crippen LogP contribution is -2.54. The van der Waals surface area contributed by atoms with Gasteiger partial charge in [0.1, 0.15) is 0 Å². The first-order valence-corrected chi connectivity index (χ1v) is 9.00. The van der Waals surface area contributed by atoms with Crippen LogP contribution in [0.5, 0.6) is 0 Å². The van der Waals surface area contributed by atoms with E-state index in [4.69, 9.17) is 23.2 Å². The predicted octanol–water partition coefficient (Wildman–Crippen LogP) is 2.87. The summed E-state index contributed by atoms with van der Waals surface area (Å²) in [4.78, 5) is 28.6. The number of nitrogens with one attached hydrogen (secondary N) is 1. The molecule has 1 atom stereocenters. The number of carbonyl (C=O) groups excluding carboxylic acids is 2. The van der Waals surface area contributed by atoms with Gasteiger partial charge in [-0.1, -0.05) is 23.2 Å². The molecule has 0 aromatic heterocycles. The first-order valence-electron chi connectivity index (χ1n) is 8.24. The lowest BCUT2D eigenvalue weighted by Gasteiger charge is -2.37. The van der Waals surface area contributed by atoms with E-state index in [0.717, 1.165) is 12.8 Å². The van der Waals surface area contributed by atoms with Crippen LogP contribution in [0.4, 0.5) is 5.69 Å². The highest BCUT2D eigenvalue weighted by atomic mass is 35.5. The van der Waals surface area contributed by atoms with Crippen molar-refractivity contribution < 1.29 is 9.59 Å². The fourth-order valence-electron chi connectivity index (χ4n) is 2.91. The van der Waals surface area contributed by atoms with Crippen LogP contribution in [0.2, 0.25) is 10.0 Å². The third-order valence-electron chi connectivity index (χ3n) is 4.67. The average molecular weight is 370 g/mol. The van der Waals surface area contributed by atoms with E-state index in [-0.39, 0.29) is 23.8 Å². The van der Waals surface area contributed by atoms with Gasteiger partial charge in [0.15, 0.2) is 0 Å². The van der Waals surface area contributed by atoms with Gasteiger partial charge in [0, 0.05) is 37.1 Å².